The molecule has 0 fully saturated rings. The van der Waals surface area contributed by atoms with E-state index in [9.17, 15) is 34.8 Å². The Balaban J connectivity index is 0.000000473. The first-order chi connectivity index (χ1) is 30.8. The van der Waals surface area contributed by atoms with Gasteiger partial charge in [0.25, 0.3) is 19.1 Å². The van der Waals surface area contributed by atoms with Crippen LogP contribution in [0.25, 0.3) is 21.8 Å². The van der Waals surface area contributed by atoms with Gasteiger partial charge in [-0.3, -0.25) is 0 Å². The quantitative estimate of drug-likeness (QED) is 0.0637. The molecule has 0 saturated heterocycles. The van der Waals surface area contributed by atoms with Crippen molar-refractivity contribution in [1.82, 2.24) is 19.2 Å². The number of aliphatic carboxylic acids is 1. The maximum Gasteiger partial charge on any atom is 0.490 e. The molecule has 22 heteroatoms. The molecule has 1 amide bonds. The number of aromatic nitrogens is 2. The van der Waals surface area contributed by atoms with Crippen molar-refractivity contribution in [2.45, 2.75) is 63.6 Å². The molecule has 67 heavy (non-hydrogen) atoms. The Morgan fingerprint density at radius 2 is 1.30 bits per heavy atom. The summed E-state index contributed by atoms with van der Waals surface area (Å²) in [5, 5.41) is 12.2. The number of carbonyl (C=O) groups excluding carboxylic acids is 1. The molecule has 4 aromatic carbocycles. The van der Waals surface area contributed by atoms with Crippen molar-refractivity contribution in [2.75, 3.05) is 45.7 Å². The number of carboxylic acid groups (broad SMARTS) is 1. The molecule has 370 valence electrons. The fraction of sp³-hybridized carbons (Fsp3) is 0.333. The van der Waals surface area contributed by atoms with Crippen molar-refractivity contribution in [3.63, 3.8) is 0 Å². The normalized spacial score (nSPS) is 11.1. The number of nitrogens with zero attached hydrogens (tertiary/aromatic N) is 2. The van der Waals surface area contributed by atoms with E-state index in [1.54, 1.807) is 81.7 Å². The molecule has 14 nitrogen and oxygen atoms in total. The predicted octanol–water partition coefficient (Wildman–Crippen LogP) is 10.8. The fourth-order valence-electron chi connectivity index (χ4n) is 5.40. The molecule has 0 aliphatic heterocycles. The highest BCUT2D eigenvalue weighted by atomic mass is 35.7. The zero-order valence-electron chi connectivity index (χ0n) is 37.0. The number of aryl methyl sites for hydroxylation is 2. The van der Waals surface area contributed by atoms with Gasteiger partial charge >= 0.3 is 18.2 Å². The zero-order valence-corrected chi connectivity index (χ0v) is 40.9. The number of rotatable bonds is 11. The third kappa shape index (κ3) is 19.5. The van der Waals surface area contributed by atoms with Crippen molar-refractivity contribution >= 4 is 86.8 Å². The van der Waals surface area contributed by atoms with E-state index in [4.69, 9.17) is 58.0 Å². The molecule has 2 heterocycles. The van der Waals surface area contributed by atoms with Gasteiger partial charge in [-0.1, -0.05) is 56.0 Å². The molecule has 6 rings (SSSR count). The molecule has 0 unspecified atom stereocenters. The minimum atomic E-state index is -5.08. The van der Waals surface area contributed by atoms with E-state index in [1.165, 1.54) is 14.9 Å². The molecule has 6 aromatic rings. The Bertz CT molecular complexity index is 2710. The van der Waals surface area contributed by atoms with E-state index < -0.39 is 36.8 Å². The summed E-state index contributed by atoms with van der Waals surface area (Å²) in [7, 11) is 1.49. The summed E-state index contributed by atoms with van der Waals surface area (Å²) in [4.78, 5) is 25.9. The maximum absolute atomic E-state index is 13.0. The second-order valence-electron chi connectivity index (χ2n) is 14.6. The van der Waals surface area contributed by atoms with E-state index in [-0.39, 0.29) is 23.8 Å². The van der Waals surface area contributed by atoms with Gasteiger partial charge in [0, 0.05) is 53.0 Å². The van der Waals surface area contributed by atoms with Crippen molar-refractivity contribution < 1.29 is 58.9 Å². The highest BCUT2D eigenvalue weighted by Crippen LogP contribution is 2.30. The lowest BCUT2D eigenvalue weighted by atomic mass is 10.2. The van der Waals surface area contributed by atoms with Crippen LogP contribution in [0.15, 0.2) is 119 Å². The number of alkyl halides is 5. The summed E-state index contributed by atoms with van der Waals surface area (Å²) in [6, 6.07) is 28.6. The van der Waals surface area contributed by atoms with E-state index in [1.807, 2.05) is 70.4 Å². The average Bonchev–Trinajstić information content (AvgIpc) is 3.90. The van der Waals surface area contributed by atoms with Gasteiger partial charge in [0.15, 0.2) is 0 Å². The van der Waals surface area contributed by atoms with Crippen LogP contribution in [0.2, 0.25) is 0 Å². The smallest absolute Gasteiger partial charge is 0.490 e. The molecular formula is C45H56Cl3F3N4O10S2. The number of hydrogen-bond acceptors (Lipinski definition) is 10. The number of ether oxygens (including phenoxy) is 3. The third-order valence-electron chi connectivity index (χ3n) is 8.44. The summed E-state index contributed by atoms with van der Waals surface area (Å²) in [5.41, 5.74) is 2.56. The number of carbonyl (C=O) groups is 2. The van der Waals surface area contributed by atoms with Gasteiger partial charge in [-0.2, -0.15) is 13.2 Å². The highest BCUT2D eigenvalue weighted by molar-refractivity contribution is 8.13. The zero-order chi connectivity index (χ0) is 49.9. The summed E-state index contributed by atoms with van der Waals surface area (Å²) in [5.74, 6) is -1.26. The molecule has 0 bridgehead atoms. The summed E-state index contributed by atoms with van der Waals surface area (Å²) >= 11 is 9.53. The number of fused-ring (bicyclic) bond motifs is 2. The topological polar surface area (TPSA) is 186 Å². The summed E-state index contributed by atoms with van der Waals surface area (Å²) < 4.78 is 97.5. The van der Waals surface area contributed by atoms with Crippen LogP contribution in [-0.4, -0.2) is 105 Å². The van der Waals surface area contributed by atoms with Crippen LogP contribution in [0.4, 0.5) is 18.0 Å². The molecule has 0 aliphatic rings. The van der Waals surface area contributed by atoms with Crippen molar-refractivity contribution in [3.8, 4) is 11.5 Å². The number of carboxylic acids is 1. The Morgan fingerprint density at radius 1 is 0.791 bits per heavy atom. The van der Waals surface area contributed by atoms with Crippen LogP contribution in [0.3, 0.4) is 0 Å². The minimum absolute atomic E-state index is 0. The van der Waals surface area contributed by atoms with E-state index in [2.05, 4.69) is 10.3 Å². The second-order valence-corrected chi connectivity index (χ2v) is 19.7. The van der Waals surface area contributed by atoms with Gasteiger partial charge in [0.05, 0.1) is 27.2 Å². The molecular weight excluding hydrogens is 984 g/mol. The first-order valence-corrected chi connectivity index (χ1v) is 24.4. The Labute approximate surface area is 404 Å². The van der Waals surface area contributed by atoms with Crippen LogP contribution >= 0.6 is 33.9 Å². The van der Waals surface area contributed by atoms with Crippen LogP contribution in [0, 0.1) is 13.8 Å². The van der Waals surface area contributed by atoms with E-state index >= 15 is 0 Å². The minimum Gasteiger partial charge on any atom is -0.492 e. The maximum atomic E-state index is 13.0. The number of amides is 1. The van der Waals surface area contributed by atoms with Gasteiger partial charge in [-0.15, -0.1) is 23.2 Å². The van der Waals surface area contributed by atoms with Gasteiger partial charge in [0.1, 0.15) is 30.3 Å². The van der Waals surface area contributed by atoms with Gasteiger partial charge in [-0.05, 0) is 101 Å². The molecule has 0 saturated carbocycles. The van der Waals surface area contributed by atoms with Crippen molar-refractivity contribution in [3.05, 3.63) is 121 Å². The molecule has 2 aromatic heterocycles. The van der Waals surface area contributed by atoms with Gasteiger partial charge < -0.3 is 34.5 Å². The Hall–Kier alpha value is -5.18. The molecule has 0 atom stereocenters. The van der Waals surface area contributed by atoms with Crippen LogP contribution in [0.1, 0.15) is 39.3 Å². The lowest BCUT2D eigenvalue weighted by Crippen LogP contribution is -2.36. The van der Waals surface area contributed by atoms with Crippen LogP contribution < -0.4 is 14.8 Å². The molecule has 3 N–H and O–H groups in total. The number of nitrogens with one attached hydrogen (secondary N) is 2. The highest BCUT2D eigenvalue weighted by Gasteiger charge is 2.38. The number of halogens is 6. The summed E-state index contributed by atoms with van der Waals surface area (Å²) in [6.07, 6.45) is -1.97. The molecule has 0 radical (unpaired) electrons. The van der Waals surface area contributed by atoms with Crippen LogP contribution in [-0.2, 0) is 28.6 Å². The second kappa shape index (κ2) is 27.6. The standard InChI is InChI=1S/C18H20N2O3S.C16H22N2O3.C7H7ClO2S.C2HF3O2.CH2Cl2.CH4/c1-14-6-3-4-9-18(14)24(21,22)20-12-10-15-16(20)7-5-8-17(15)23-13-11-19-2;1-16(2,3)21-15(19)18(4)10-11-20-14-7-5-6-13-12(14)8-9-17-13;1-6-4-2-3-5-7(6)11(8,9)10;3-2(4,5)1(6)7;2-1-3;/h3-10,12,19H,11,13H2,1-2H3;5-9,17H,10-11H2,1-4H3;2-5H,1H3;(H,6,7);1H2;1H4. The number of hydrogen-bond donors (Lipinski definition) is 3. The largest absolute Gasteiger partial charge is 0.492 e. The van der Waals surface area contributed by atoms with Crippen molar-refractivity contribution in [1.29, 1.82) is 0 Å². The number of aromatic amines is 1. The third-order valence-corrected chi connectivity index (χ3v) is 11.8. The molecule has 0 aliphatic carbocycles. The summed E-state index contributed by atoms with van der Waals surface area (Å²) in [6.45, 7) is 11.2. The van der Waals surface area contributed by atoms with Gasteiger partial charge in [-0.25, -0.2) is 30.4 Å². The monoisotopic (exact) mass is 1040 g/mol. The average molecular weight is 1040 g/mol. The van der Waals surface area contributed by atoms with Crippen molar-refractivity contribution in [2.24, 2.45) is 0 Å². The first-order valence-electron chi connectivity index (χ1n) is 19.5. The lowest BCUT2D eigenvalue weighted by molar-refractivity contribution is -0.192. The predicted molar refractivity (Wildman–Crippen MR) is 259 cm³/mol. The number of H-pyrrole nitrogens is 1. The number of benzene rings is 4. The first kappa shape index (κ1) is 59.8. The Morgan fingerprint density at radius 3 is 1.79 bits per heavy atom. The van der Waals surface area contributed by atoms with E-state index in [0.29, 0.717) is 41.5 Å². The number of likely N-dealkylation sites (N-methyl/N-ethyl adjacent to an activating group) is 2. The Kier molecular flexibility index (Phi) is 24.6. The van der Waals surface area contributed by atoms with Gasteiger partial charge in [0.2, 0.25) is 0 Å². The van der Waals surface area contributed by atoms with E-state index in [0.717, 1.165) is 34.1 Å². The SMILES string of the molecule is C.CN(CCOc1cccc2[nH]ccc12)C(=O)OC(C)(C)C.CNCCOc1cccc2c1ccn2S(=O)(=O)c1ccccc1C.Cc1ccccc1S(=O)(=O)Cl.ClCCl.O=C(O)C(F)(F)F. The fourth-order valence-corrected chi connectivity index (χ4v) is 8.19. The molecule has 0 spiro atoms. The lowest BCUT2D eigenvalue weighted by Gasteiger charge is -2.24. The van der Waals surface area contributed by atoms with Crippen LogP contribution in [0.5, 0.6) is 11.5 Å².